The number of carboxylic acids is 1. The molecule has 0 bridgehead atoms. The van der Waals surface area contributed by atoms with Gasteiger partial charge in [-0.1, -0.05) is 0 Å². The molecular formula is C11H16N2O3S. The molecule has 4 N–H and O–H groups in total. The first-order valence-corrected chi connectivity index (χ1v) is 6.16. The van der Waals surface area contributed by atoms with Crippen LogP contribution >= 0.6 is 11.3 Å². The molecule has 0 aromatic carbocycles. The molecule has 0 spiro atoms. The zero-order valence-corrected chi connectivity index (χ0v) is 10.4. The number of aryl methyl sites for hydroxylation is 1. The topological polar surface area (TPSA) is 92.4 Å². The number of rotatable bonds is 6. The van der Waals surface area contributed by atoms with Gasteiger partial charge in [-0.25, -0.2) is 0 Å². The van der Waals surface area contributed by atoms with E-state index in [1.807, 2.05) is 18.4 Å². The van der Waals surface area contributed by atoms with Crippen molar-refractivity contribution in [3.05, 3.63) is 21.9 Å². The van der Waals surface area contributed by atoms with Crippen LogP contribution in [-0.2, 0) is 16.1 Å². The normalized spacial score (nSPS) is 12.1. The van der Waals surface area contributed by atoms with Gasteiger partial charge in [0.1, 0.15) is 0 Å². The molecule has 1 heterocycles. The number of carbonyl (C=O) groups is 2. The van der Waals surface area contributed by atoms with Gasteiger partial charge in [0, 0.05) is 11.3 Å². The van der Waals surface area contributed by atoms with E-state index in [2.05, 4.69) is 5.32 Å². The van der Waals surface area contributed by atoms with E-state index < -0.39 is 12.0 Å². The monoisotopic (exact) mass is 256 g/mol. The summed E-state index contributed by atoms with van der Waals surface area (Å²) in [5.74, 6) is -1.25. The quantitative estimate of drug-likeness (QED) is 0.704. The molecule has 1 rings (SSSR count). The summed E-state index contributed by atoms with van der Waals surface area (Å²) in [6.45, 7) is 2.42. The first-order chi connectivity index (χ1) is 8.00. The molecule has 1 unspecified atom stereocenters. The number of carbonyl (C=O) groups excluding carboxylic acids is 1. The second-order valence-corrected chi connectivity index (χ2v) is 4.78. The Morgan fingerprint density at radius 2 is 2.29 bits per heavy atom. The highest BCUT2D eigenvalue weighted by atomic mass is 32.1. The van der Waals surface area contributed by atoms with E-state index in [-0.39, 0.29) is 18.7 Å². The molecule has 5 nitrogen and oxygen atoms in total. The Kier molecular flexibility index (Phi) is 5.11. The number of hydrogen-bond donors (Lipinski definition) is 3. The third-order valence-corrected chi connectivity index (χ3v) is 3.42. The molecule has 94 valence electrons. The summed E-state index contributed by atoms with van der Waals surface area (Å²) in [5, 5.41) is 13.1. The first-order valence-electron chi connectivity index (χ1n) is 5.28. The van der Waals surface area contributed by atoms with Crippen LogP contribution in [0.2, 0.25) is 0 Å². The fourth-order valence-electron chi connectivity index (χ4n) is 1.29. The number of amides is 1. The first kappa shape index (κ1) is 13.7. The van der Waals surface area contributed by atoms with Gasteiger partial charge in [0.15, 0.2) is 0 Å². The van der Waals surface area contributed by atoms with Gasteiger partial charge in [-0.2, -0.15) is 0 Å². The highest BCUT2D eigenvalue weighted by Gasteiger charge is 2.14. The Morgan fingerprint density at radius 3 is 2.82 bits per heavy atom. The van der Waals surface area contributed by atoms with Crippen LogP contribution in [0.25, 0.3) is 0 Å². The van der Waals surface area contributed by atoms with Crippen molar-refractivity contribution in [2.45, 2.75) is 32.4 Å². The lowest BCUT2D eigenvalue weighted by Gasteiger charge is -2.10. The lowest BCUT2D eigenvalue weighted by Crippen LogP contribution is -2.40. The predicted molar refractivity (Wildman–Crippen MR) is 65.7 cm³/mol. The molecule has 0 aliphatic rings. The minimum absolute atomic E-state index is 0.0907. The summed E-state index contributed by atoms with van der Waals surface area (Å²) in [5.41, 5.74) is 6.70. The number of aliphatic carboxylic acids is 1. The van der Waals surface area contributed by atoms with Crippen LogP contribution in [0.4, 0.5) is 0 Å². The van der Waals surface area contributed by atoms with Gasteiger partial charge in [-0.15, -0.1) is 11.3 Å². The molecule has 0 saturated carbocycles. The summed E-state index contributed by atoms with van der Waals surface area (Å²) in [6, 6.07) is 1.22. The van der Waals surface area contributed by atoms with Gasteiger partial charge < -0.3 is 16.2 Å². The summed E-state index contributed by atoms with van der Waals surface area (Å²) in [4.78, 5) is 23.0. The van der Waals surface area contributed by atoms with Crippen molar-refractivity contribution in [1.82, 2.24) is 5.32 Å². The molecule has 0 saturated heterocycles. The van der Waals surface area contributed by atoms with E-state index in [1.54, 1.807) is 11.3 Å². The Labute approximate surface area is 104 Å². The smallest absolute Gasteiger partial charge is 0.303 e. The molecule has 1 aromatic heterocycles. The molecule has 6 heteroatoms. The third-order valence-electron chi connectivity index (χ3n) is 2.40. The number of thiophene rings is 1. The average Bonchev–Trinajstić information content (AvgIpc) is 2.68. The van der Waals surface area contributed by atoms with Gasteiger partial charge in [-0.05, 0) is 30.4 Å². The minimum Gasteiger partial charge on any atom is -0.481 e. The number of nitrogens with two attached hydrogens (primary N) is 1. The lowest BCUT2D eigenvalue weighted by molar-refractivity contribution is -0.137. The van der Waals surface area contributed by atoms with Crippen molar-refractivity contribution in [3.8, 4) is 0 Å². The molecule has 1 atom stereocenters. The minimum atomic E-state index is -0.942. The largest absolute Gasteiger partial charge is 0.481 e. The van der Waals surface area contributed by atoms with Crippen molar-refractivity contribution in [2.24, 2.45) is 5.73 Å². The van der Waals surface area contributed by atoms with E-state index in [1.165, 1.54) is 0 Å². The van der Waals surface area contributed by atoms with Crippen molar-refractivity contribution >= 4 is 23.2 Å². The standard InChI is InChI=1S/C11H16N2O3S/c1-7-4-5-17-9(7)6-13-11(16)8(12)2-3-10(14)15/h4-5,8H,2-3,6,12H2,1H3,(H,13,16)(H,14,15). The second-order valence-electron chi connectivity index (χ2n) is 3.78. The summed E-state index contributed by atoms with van der Waals surface area (Å²) >= 11 is 1.57. The van der Waals surface area contributed by atoms with Crippen LogP contribution in [-0.4, -0.2) is 23.0 Å². The number of carboxylic acid groups (broad SMARTS) is 1. The summed E-state index contributed by atoms with van der Waals surface area (Å²) < 4.78 is 0. The third kappa shape index (κ3) is 4.54. The average molecular weight is 256 g/mol. The molecule has 0 radical (unpaired) electrons. The Balaban J connectivity index is 2.34. The van der Waals surface area contributed by atoms with Gasteiger partial charge in [-0.3, -0.25) is 9.59 Å². The molecule has 0 fully saturated rings. The van der Waals surface area contributed by atoms with Crippen molar-refractivity contribution in [1.29, 1.82) is 0 Å². The van der Waals surface area contributed by atoms with E-state index in [4.69, 9.17) is 10.8 Å². The Morgan fingerprint density at radius 1 is 1.59 bits per heavy atom. The van der Waals surface area contributed by atoms with E-state index >= 15 is 0 Å². The number of hydrogen-bond acceptors (Lipinski definition) is 4. The maximum Gasteiger partial charge on any atom is 0.303 e. The number of nitrogens with one attached hydrogen (secondary N) is 1. The van der Waals surface area contributed by atoms with Crippen molar-refractivity contribution in [3.63, 3.8) is 0 Å². The maximum absolute atomic E-state index is 11.5. The van der Waals surface area contributed by atoms with E-state index in [0.29, 0.717) is 6.54 Å². The van der Waals surface area contributed by atoms with E-state index in [0.717, 1.165) is 10.4 Å². The zero-order chi connectivity index (χ0) is 12.8. The highest BCUT2D eigenvalue weighted by Crippen LogP contribution is 2.14. The Hall–Kier alpha value is -1.40. The fourth-order valence-corrected chi connectivity index (χ4v) is 2.14. The molecule has 0 aliphatic heterocycles. The van der Waals surface area contributed by atoms with Crippen LogP contribution in [0.1, 0.15) is 23.3 Å². The lowest BCUT2D eigenvalue weighted by atomic mass is 10.1. The molecule has 1 aromatic rings. The van der Waals surface area contributed by atoms with Crippen LogP contribution in [0.5, 0.6) is 0 Å². The summed E-state index contributed by atoms with van der Waals surface area (Å²) in [6.07, 6.45) is 0.0667. The van der Waals surface area contributed by atoms with Gasteiger partial charge >= 0.3 is 5.97 Å². The maximum atomic E-state index is 11.5. The summed E-state index contributed by atoms with van der Waals surface area (Å²) in [7, 11) is 0. The molecule has 0 aliphatic carbocycles. The SMILES string of the molecule is Cc1ccsc1CNC(=O)C(N)CCC(=O)O. The van der Waals surface area contributed by atoms with Crippen molar-refractivity contribution in [2.75, 3.05) is 0 Å². The van der Waals surface area contributed by atoms with Crippen molar-refractivity contribution < 1.29 is 14.7 Å². The molecule has 1 amide bonds. The highest BCUT2D eigenvalue weighted by molar-refractivity contribution is 7.10. The van der Waals surface area contributed by atoms with E-state index in [9.17, 15) is 9.59 Å². The van der Waals surface area contributed by atoms with Crippen LogP contribution in [0, 0.1) is 6.92 Å². The Bertz CT molecular complexity index is 403. The predicted octanol–water partition coefficient (Wildman–Crippen LogP) is 0.865. The van der Waals surface area contributed by atoms with Gasteiger partial charge in [0.2, 0.25) is 5.91 Å². The van der Waals surface area contributed by atoms with Crippen LogP contribution in [0.15, 0.2) is 11.4 Å². The zero-order valence-electron chi connectivity index (χ0n) is 9.60. The van der Waals surface area contributed by atoms with Crippen LogP contribution < -0.4 is 11.1 Å². The second kappa shape index (κ2) is 6.36. The molecular weight excluding hydrogens is 240 g/mol. The van der Waals surface area contributed by atoms with Gasteiger partial charge in [0.05, 0.1) is 12.6 Å². The van der Waals surface area contributed by atoms with Crippen LogP contribution in [0.3, 0.4) is 0 Å². The van der Waals surface area contributed by atoms with Gasteiger partial charge in [0.25, 0.3) is 0 Å². The molecule has 17 heavy (non-hydrogen) atoms. The fraction of sp³-hybridized carbons (Fsp3) is 0.455.